The van der Waals surface area contributed by atoms with Gasteiger partial charge in [0.15, 0.2) is 5.78 Å². The Kier molecular flexibility index (Phi) is 1.65. The summed E-state index contributed by atoms with van der Waals surface area (Å²) >= 11 is 0. The largest absolute Gasteiger partial charge is 0.294 e. The number of pyridine rings is 1. The molecule has 15 heavy (non-hydrogen) atoms. The Labute approximate surface area is 86.5 Å². The molecule has 3 nitrogen and oxygen atoms in total. The van der Waals surface area contributed by atoms with Crippen molar-refractivity contribution >= 4 is 28.6 Å². The fraction of sp³-hybridized carbons (Fsp3) is 0.0833. The van der Waals surface area contributed by atoms with Gasteiger partial charge in [0, 0.05) is 18.0 Å². The predicted octanol–water partition coefficient (Wildman–Crippen LogP) is 2.52. The third-order valence-corrected chi connectivity index (χ3v) is 2.54. The molecule has 3 heteroatoms. The number of fused-ring (bicyclic) bond motifs is 3. The molecule has 3 rings (SSSR count). The molecule has 1 aromatic heterocycles. The number of ketones is 1. The molecule has 0 N–H and O–H groups in total. The van der Waals surface area contributed by atoms with E-state index in [0.717, 1.165) is 10.9 Å². The topological polar surface area (TPSA) is 42.3 Å². The van der Waals surface area contributed by atoms with Crippen molar-refractivity contribution in [1.82, 2.24) is 4.98 Å². The molecular formula is C12H8N2O. The normalized spacial score (nSPS) is 14.3. The van der Waals surface area contributed by atoms with Crippen LogP contribution in [0.15, 0.2) is 35.5 Å². The van der Waals surface area contributed by atoms with E-state index in [0.29, 0.717) is 17.7 Å². The molecule has 0 unspecified atom stereocenters. The van der Waals surface area contributed by atoms with Gasteiger partial charge in [0.05, 0.1) is 23.0 Å². The summed E-state index contributed by atoms with van der Waals surface area (Å²) in [5.74, 6) is 0.124. The summed E-state index contributed by atoms with van der Waals surface area (Å²) in [5, 5.41) is 0.900. The summed E-state index contributed by atoms with van der Waals surface area (Å²) in [4.78, 5) is 20.2. The van der Waals surface area contributed by atoms with Gasteiger partial charge in [-0.15, -0.1) is 0 Å². The minimum absolute atomic E-state index is 0.124. The standard InChI is InChI=1S/C12H8N2O/c15-11-5-6-13-10-7-14-9-4-2-1-3-8(9)12(10)11/h1-4,6-7H,5H2. The van der Waals surface area contributed by atoms with Crippen molar-refractivity contribution in [3.8, 4) is 0 Å². The number of nitrogens with zero attached hydrogens (tertiary/aromatic N) is 2. The zero-order valence-corrected chi connectivity index (χ0v) is 7.97. The molecule has 0 saturated heterocycles. The Balaban J connectivity index is 2.47. The van der Waals surface area contributed by atoms with Crippen LogP contribution in [-0.2, 0) is 0 Å². The molecule has 2 aromatic rings. The second-order valence-electron chi connectivity index (χ2n) is 3.47. The van der Waals surface area contributed by atoms with Crippen LogP contribution in [0.1, 0.15) is 16.8 Å². The highest BCUT2D eigenvalue weighted by molar-refractivity contribution is 6.17. The average Bonchev–Trinajstić information content (AvgIpc) is 2.29. The van der Waals surface area contributed by atoms with Crippen LogP contribution >= 0.6 is 0 Å². The first-order chi connectivity index (χ1) is 7.36. The summed E-state index contributed by atoms with van der Waals surface area (Å²) in [5.41, 5.74) is 2.25. The number of aliphatic imine (C=N–C) groups is 1. The zero-order valence-electron chi connectivity index (χ0n) is 7.97. The quantitative estimate of drug-likeness (QED) is 0.649. The fourth-order valence-electron chi connectivity index (χ4n) is 1.85. The lowest BCUT2D eigenvalue weighted by atomic mass is 10.0. The maximum Gasteiger partial charge on any atom is 0.171 e. The predicted molar refractivity (Wildman–Crippen MR) is 58.8 cm³/mol. The molecule has 0 atom stereocenters. The molecule has 2 heterocycles. The van der Waals surface area contributed by atoms with Crippen LogP contribution in [0.25, 0.3) is 10.9 Å². The first-order valence-electron chi connectivity index (χ1n) is 4.80. The summed E-state index contributed by atoms with van der Waals surface area (Å²) in [6.07, 6.45) is 3.69. The number of hydrogen-bond acceptors (Lipinski definition) is 3. The molecule has 0 spiro atoms. The summed E-state index contributed by atoms with van der Waals surface area (Å²) < 4.78 is 0. The molecule has 0 aliphatic carbocycles. The number of carbonyl (C=O) groups excluding carboxylic acids is 1. The monoisotopic (exact) mass is 196 g/mol. The molecule has 72 valence electrons. The van der Waals surface area contributed by atoms with Gasteiger partial charge in [0.2, 0.25) is 0 Å². The third-order valence-electron chi connectivity index (χ3n) is 2.54. The molecular weight excluding hydrogens is 188 g/mol. The first kappa shape index (κ1) is 8.29. The van der Waals surface area contributed by atoms with Crippen molar-refractivity contribution in [3.05, 3.63) is 36.0 Å². The summed E-state index contributed by atoms with van der Waals surface area (Å²) in [6.45, 7) is 0. The smallest absolute Gasteiger partial charge is 0.171 e. The number of rotatable bonds is 0. The van der Waals surface area contributed by atoms with E-state index in [1.807, 2.05) is 24.3 Å². The van der Waals surface area contributed by atoms with Gasteiger partial charge in [0.1, 0.15) is 0 Å². The number of carbonyl (C=O) groups is 1. The van der Waals surface area contributed by atoms with Gasteiger partial charge in [-0.1, -0.05) is 18.2 Å². The third kappa shape index (κ3) is 1.16. The second kappa shape index (κ2) is 2.98. The molecule has 1 aliphatic heterocycles. The van der Waals surface area contributed by atoms with Crippen LogP contribution in [0.3, 0.4) is 0 Å². The van der Waals surface area contributed by atoms with E-state index in [2.05, 4.69) is 9.98 Å². The Morgan fingerprint density at radius 2 is 2.07 bits per heavy atom. The Bertz CT molecular complexity index is 587. The van der Waals surface area contributed by atoms with E-state index in [1.165, 1.54) is 0 Å². The van der Waals surface area contributed by atoms with Crippen molar-refractivity contribution in [2.75, 3.05) is 0 Å². The lowest BCUT2D eigenvalue weighted by molar-refractivity contribution is 0.100. The van der Waals surface area contributed by atoms with Crippen LogP contribution in [-0.4, -0.2) is 17.0 Å². The molecule has 0 bridgehead atoms. The molecule has 0 fully saturated rings. The van der Waals surface area contributed by atoms with Gasteiger partial charge in [-0.25, -0.2) is 0 Å². The molecule has 0 radical (unpaired) electrons. The van der Waals surface area contributed by atoms with Crippen LogP contribution in [0.4, 0.5) is 5.69 Å². The molecule has 1 aliphatic rings. The minimum atomic E-state index is 0.124. The highest BCUT2D eigenvalue weighted by atomic mass is 16.1. The van der Waals surface area contributed by atoms with Crippen LogP contribution < -0.4 is 0 Å². The number of para-hydroxylation sites is 1. The Morgan fingerprint density at radius 1 is 1.20 bits per heavy atom. The van der Waals surface area contributed by atoms with Gasteiger partial charge >= 0.3 is 0 Å². The zero-order chi connectivity index (χ0) is 10.3. The number of hydrogen-bond donors (Lipinski definition) is 0. The maximum absolute atomic E-state index is 11.8. The van der Waals surface area contributed by atoms with E-state index in [9.17, 15) is 4.79 Å². The van der Waals surface area contributed by atoms with Crippen molar-refractivity contribution < 1.29 is 4.79 Å². The van der Waals surface area contributed by atoms with Crippen molar-refractivity contribution in [2.24, 2.45) is 4.99 Å². The van der Waals surface area contributed by atoms with E-state index in [4.69, 9.17) is 0 Å². The van der Waals surface area contributed by atoms with Crippen LogP contribution in [0, 0.1) is 0 Å². The highest BCUT2D eigenvalue weighted by Crippen LogP contribution is 2.29. The van der Waals surface area contributed by atoms with Crippen molar-refractivity contribution in [2.45, 2.75) is 6.42 Å². The number of Topliss-reactive ketones (excluding diaryl/α,β-unsaturated/α-hetero) is 1. The number of aromatic nitrogens is 1. The second-order valence-corrected chi connectivity index (χ2v) is 3.47. The summed E-state index contributed by atoms with van der Waals surface area (Å²) in [7, 11) is 0. The maximum atomic E-state index is 11.8. The van der Waals surface area contributed by atoms with E-state index >= 15 is 0 Å². The Morgan fingerprint density at radius 3 is 3.00 bits per heavy atom. The molecule has 1 aromatic carbocycles. The fourth-order valence-corrected chi connectivity index (χ4v) is 1.85. The van der Waals surface area contributed by atoms with E-state index < -0.39 is 0 Å². The van der Waals surface area contributed by atoms with Crippen molar-refractivity contribution in [3.63, 3.8) is 0 Å². The van der Waals surface area contributed by atoms with Gasteiger partial charge in [-0.2, -0.15) is 0 Å². The van der Waals surface area contributed by atoms with Crippen molar-refractivity contribution in [1.29, 1.82) is 0 Å². The van der Waals surface area contributed by atoms with Crippen LogP contribution in [0.2, 0.25) is 0 Å². The van der Waals surface area contributed by atoms with Gasteiger partial charge in [-0.3, -0.25) is 14.8 Å². The SMILES string of the molecule is O=C1CC=Nc2cnc3ccccc3c21. The summed E-state index contributed by atoms with van der Waals surface area (Å²) in [6, 6.07) is 7.65. The van der Waals surface area contributed by atoms with Gasteiger partial charge in [-0.05, 0) is 6.07 Å². The highest BCUT2D eigenvalue weighted by Gasteiger charge is 2.17. The first-order valence-corrected chi connectivity index (χ1v) is 4.80. The minimum Gasteiger partial charge on any atom is -0.294 e. The van der Waals surface area contributed by atoms with E-state index in [-0.39, 0.29) is 5.78 Å². The average molecular weight is 196 g/mol. The lowest BCUT2D eigenvalue weighted by Crippen LogP contribution is -2.05. The molecule has 0 amide bonds. The van der Waals surface area contributed by atoms with E-state index in [1.54, 1.807) is 12.4 Å². The Hall–Kier alpha value is -2.03. The van der Waals surface area contributed by atoms with Gasteiger partial charge < -0.3 is 0 Å². The van der Waals surface area contributed by atoms with Crippen LogP contribution in [0.5, 0.6) is 0 Å². The number of benzene rings is 1. The van der Waals surface area contributed by atoms with Gasteiger partial charge in [0.25, 0.3) is 0 Å². The lowest BCUT2D eigenvalue weighted by Gasteiger charge is -2.10. The molecule has 0 saturated carbocycles.